The number of piperidine rings is 1. The van der Waals surface area contributed by atoms with Crippen molar-refractivity contribution in [3.63, 3.8) is 0 Å². The highest BCUT2D eigenvalue weighted by atomic mass is 19.1. The van der Waals surface area contributed by atoms with Gasteiger partial charge in [0.25, 0.3) is 5.91 Å². The van der Waals surface area contributed by atoms with Crippen LogP contribution in [0, 0.1) is 18.7 Å². The summed E-state index contributed by atoms with van der Waals surface area (Å²) in [7, 11) is 1.88. The molecule has 1 saturated heterocycles. The van der Waals surface area contributed by atoms with Crippen LogP contribution in [0.2, 0.25) is 0 Å². The molecule has 1 aromatic heterocycles. The number of likely N-dealkylation sites (tertiary alicyclic amines) is 1. The topological polar surface area (TPSA) is 67.2 Å². The van der Waals surface area contributed by atoms with Crippen LogP contribution in [0.25, 0.3) is 5.69 Å². The zero-order valence-corrected chi connectivity index (χ0v) is 15.0. The first kappa shape index (κ1) is 18.3. The Morgan fingerprint density at radius 2 is 2.15 bits per heavy atom. The fourth-order valence-electron chi connectivity index (χ4n) is 3.42. The number of benzene rings is 1. The van der Waals surface area contributed by atoms with Crippen molar-refractivity contribution in [3.8, 4) is 5.69 Å². The predicted octanol–water partition coefficient (Wildman–Crippen LogP) is 1.75. The van der Waals surface area contributed by atoms with E-state index in [1.807, 2.05) is 7.05 Å². The Morgan fingerprint density at radius 1 is 1.38 bits per heavy atom. The van der Waals surface area contributed by atoms with Gasteiger partial charge in [-0.15, -0.1) is 0 Å². The van der Waals surface area contributed by atoms with Gasteiger partial charge in [0.1, 0.15) is 11.5 Å². The van der Waals surface area contributed by atoms with Gasteiger partial charge in [-0.2, -0.15) is 5.10 Å². The summed E-state index contributed by atoms with van der Waals surface area (Å²) < 4.78 is 15.5. The van der Waals surface area contributed by atoms with Crippen LogP contribution in [0.5, 0.6) is 0 Å². The van der Waals surface area contributed by atoms with Gasteiger partial charge in [-0.1, -0.05) is 12.1 Å². The van der Waals surface area contributed by atoms with Crippen LogP contribution in [-0.2, 0) is 0 Å². The van der Waals surface area contributed by atoms with E-state index in [0.717, 1.165) is 19.4 Å². The maximum atomic E-state index is 14.1. The monoisotopic (exact) mass is 358 g/mol. The lowest BCUT2D eigenvalue weighted by molar-refractivity contribution is 0.0664. The second-order valence-corrected chi connectivity index (χ2v) is 6.68. The Morgan fingerprint density at radius 3 is 2.88 bits per heavy atom. The smallest absolute Gasteiger partial charge is 0.278 e. The van der Waals surface area contributed by atoms with Gasteiger partial charge in [-0.3, -0.25) is 9.59 Å². The summed E-state index contributed by atoms with van der Waals surface area (Å²) in [6, 6.07) is 7.49. The molecule has 2 heterocycles. The number of aromatic nitrogens is 2. The minimum atomic E-state index is -0.461. The highest BCUT2D eigenvalue weighted by Gasteiger charge is 2.27. The molecule has 1 unspecified atom stereocenters. The molecule has 0 radical (unpaired) electrons. The first-order valence-corrected chi connectivity index (χ1v) is 8.81. The molecule has 26 heavy (non-hydrogen) atoms. The Labute approximate surface area is 151 Å². The van der Waals surface area contributed by atoms with Gasteiger partial charge in [-0.25, -0.2) is 9.07 Å². The fourth-order valence-corrected chi connectivity index (χ4v) is 3.42. The third kappa shape index (κ3) is 3.67. The van der Waals surface area contributed by atoms with Gasteiger partial charge in [0.2, 0.25) is 5.43 Å². The lowest BCUT2D eigenvalue weighted by Crippen LogP contribution is -2.44. The summed E-state index contributed by atoms with van der Waals surface area (Å²) in [4.78, 5) is 26.9. The molecule has 0 saturated carbocycles. The van der Waals surface area contributed by atoms with Crippen molar-refractivity contribution >= 4 is 5.91 Å². The molecular formula is C19H23FN4O2. The van der Waals surface area contributed by atoms with Crippen LogP contribution in [0.15, 0.2) is 35.1 Å². The minimum Gasteiger partial charge on any atom is -0.337 e. The van der Waals surface area contributed by atoms with Gasteiger partial charge >= 0.3 is 0 Å². The van der Waals surface area contributed by atoms with Crippen molar-refractivity contribution in [1.82, 2.24) is 20.0 Å². The fraction of sp³-hybridized carbons (Fsp3) is 0.421. The Bertz CT molecular complexity index is 863. The molecule has 1 aliphatic rings. The van der Waals surface area contributed by atoms with E-state index in [-0.39, 0.29) is 17.3 Å². The van der Waals surface area contributed by atoms with Crippen LogP contribution in [0.4, 0.5) is 4.39 Å². The van der Waals surface area contributed by atoms with Crippen molar-refractivity contribution in [3.05, 3.63) is 57.8 Å². The highest BCUT2D eigenvalue weighted by molar-refractivity contribution is 5.92. The first-order chi connectivity index (χ1) is 12.5. The average Bonchev–Trinajstić information content (AvgIpc) is 2.63. The van der Waals surface area contributed by atoms with Crippen molar-refractivity contribution in [1.29, 1.82) is 0 Å². The lowest BCUT2D eigenvalue weighted by atomic mass is 9.98. The zero-order valence-electron chi connectivity index (χ0n) is 15.0. The Kier molecular flexibility index (Phi) is 5.46. The quantitative estimate of drug-likeness (QED) is 0.904. The molecule has 138 valence electrons. The Balaban J connectivity index is 1.95. The van der Waals surface area contributed by atoms with Crippen LogP contribution in [0.1, 0.15) is 29.0 Å². The molecule has 0 spiro atoms. The standard InChI is InChI=1S/C19H23FN4O2/c1-13-10-17(25)18(22-24(13)16-8-4-3-7-15(16)20)19(26)23-9-5-6-14(12-23)11-21-2/h3-4,7-8,10,14,21H,5-6,9,11-12H2,1-2H3. The molecular weight excluding hydrogens is 335 g/mol. The summed E-state index contributed by atoms with van der Waals surface area (Å²) in [5, 5.41) is 7.34. The number of nitrogens with zero attached hydrogens (tertiary/aromatic N) is 3. The first-order valence-electron chi connectivity index (χ1n) is 8.81. The maximum absolute atomic E-state index is 14.1. The lowest BCUT2D eigenvalue weighted by Gasteiger charge is -2.32. The number of carbonyl (C=O) groups excluding carboxylic acids is 1. The largest absolute Gasteiger partial charge is 0.337 e. The van der Waals surface area contributed by atoms with Crippen molar-refractivity contribution < 1.29 is 9.18 Å². The van der Waals surface area contributed by atoms with E-state index >= 15 is 0 Å². The van der Waals surface area contributed by atoms with Gasteiger partial charge in [0, 0.05) is 24.8 Å². The molecule has 0 aliphatic carbocycles. The average molecular weight is 358 g/mol. The van der Waals surface area contributed by atoms with Gasteiger partial charge < -0.3 is 10.2 Å². The normalized spacial score (nSPS) is 17.3. The van der Waals surface area contributed by atoms with Gasteiger partial charge in [0.15, 0.2) is 5.69 Å². The molecule has 1 aliphatic heterocycles. The van der Waals surface area contributed by atoms with Crippen molar-refractivity contribution in [2.24, 2.45) is 5.92 Å². The van der Waals surface area contributed by atoms with Crippen LogP contribution in [0.3, 0.4) is 0 Å². The zero-order chi connectivity index (χ0) is 18.7. The molecule has 1 N–H and O–H groups in total. The van der Waals surface area contributed by atoms with E-state index in [1.165, 1.54) is 16.8 Å². The summed E-state index contributed by atoms with van der Waals surface area (Å²) in [6.07, 6.45) is 1.94. The summed E-state index contributed by atoms with van der Waals surface area (Å²) in [6.45, 7) is 3.69. The number of nitrogens with one attached hydrogen (secondary N) is 1. The molecule has 1 amide bonds. The maximum Gasteiger partial charge on any atom is 0.278 e. The van der Waals surface area contributed by atoms with E-state index in [1.54, 1.807) is 30.0 Å². The third-order valence-corrected chi connectivity index (χ3v) is 4.69. The second-order valence-electron chi connectivity index (χ2n) is 6.68. The minimum absolute atomic E-state index is 0.163. The second kappa shape index (κ2) is 7.78. The van der Waals surface area contributed by atoms with E-state index < -0.39 is 11.2 Å². The number of amides is 1. The summed E-state index contributed by atoms with van der Waals surface area (Å²) in [5.41, 5.74) is 0.0916. The predicted molar refractivity (Wildman–Crippen MR) is 97.1 cm³/mol. The number of rotatable bonds is 4. The summed E-state index contributed by atoms with van der Waals surface area (Å²) >= 11 is 0. The van der Waals surface area contributed by atoms with E-state index in [4.69, 9.17) is 0 Å². The molecule has 1 aromatic carbocycles. The number of hydrogen-bond acceptors (Lipinski definition) is 4. The number of carbonyl (C=O) groups is 1. The van der Waals surface area contributed by atoms with Crippen molar-refractivity contribution in [2.75, 3.05) is 26.7 Å². The van der Waals surface area contributed by atoms with Gasteiger partial charge in [-0.05, 0) is 51.4 Å². The SMILES string of the molecule is CNCC1CCCN(C(=O)c2nn(-c3ccccc3F)c(C)cc2=O)C1. The molecule has 0 bridgehead atoms. The van der Waals surface area contributed by atoms with Gasteiger partial charge in [0.05, 0.1) is 0 Å². The molecule has 1 fully saturated rings. The van der Waals surface area contributed by atoms with Crippen LogP contribution >= 0.6 is 0 Å². The third-order valence-electron chi connectivity index (χ3n) is 4.69. The number of hydrogen-bond donors (Lipinski definition) is 1. The highest BCUT2D eigenvalue weighted by Crippen LogP contribution is 2.18. The molecule has 2 aromatic rings. The molecule has 6 nitrogen and oxygen atoms in total. The number of aryl methyl sites for hydroxylation is 1. The van der Waals surface area contributed by atoms with E-state index in [9.17, 15) is 14.0 Å². The number of para-hydroxylation sites is 1. The van der Waals surface area contributed by atoms with Crippen LogP contribution < -0.4 is 10.7 Å². The number of halogens is 1. The van der Waals surface area contributed by atoms with Crippen molar-refractivity contribution in [2.45, 2.75) is 19.8 Å². The molecule has 1 atom stereocenters. The van der Waals surface area contributed by atoms with Crippen LogP contribution in [-0.4, -0.2) is 47.3 Å². The molecule has 7 heteroatoms. The Hall–Kier alpha value is -2.54. The summed E-state index contributed by atoms with van der Waals surface area (Å²) in [5.74, 6) is -0.491. The van der Waals surface area contributed by atoms with E-state index in [0.29, 0.717) is 24.7 Å². The molecule has 3 rings (SSSR count). The van der Waals surface area contributed by atoms with E-state index in [2.05, 4.69) is 10.4 Å².